The molecule has 0 spiro atoms. The van der Waals surface area contributed by atoms with Gasteiger partial charge in [-0.2, -0.15) is 0 Å². The summed E-state index contributed by atoms with van der Waals surface area (Å²) >= 11 is 1.74. The van der Waals surface area contributed by atoms with E-state index in [0.29, 0.717) is 0 Å². The summed E-state index contributed by atoms with van der Waals surface area (Å²) in [4.78, 5) is 17.8. The second-order valence-electron chi connectivity index (χ2n) is 5.75. The van der Waals surface area contributed by atoms with Crippen LogP contribution in [0.3, 0.4) is 0 Å². The Morgan fingerprint density at radius 2 is 2.08 bits per heavy atom. The number of nitrogens with zero attached hydrogens (tertiary/aromatic N) is 5. The number of anilines is 1. The third-order valence-electron chi connectivity index (χ3n) is 3.94. The molecule has 0 aliphatic carbocycles. The number of aryl methyl sites for hydroxylation is 1. The predicted octanol–water partition coefficient (Wildman–Crippen LogP) is 3.50. The summed E-state index contributed by atoms with van der Waals surface area (Å²) in [6, 6.07) is 8.44. The largest absolute Gasteiger partial charge is 0.365 e. The van der Waals surface area contributed by atoms with Gasteiger partial charge in [0, 0.05) is 19.0 Å². The number of hydrogen-bond acceptors (Lipinski definition) is 6. The van der Waals surface area contributed by atoms with Gasteiger partial charge in [0.1, 0.15) is 11.8 Å². The molecular formula is C17H18N6S. The lowest BCUT2D eigenvalue weighted by molar-refractivity contribution is 0.774. The van der Waals surface area contributed by atoms with E-state index in [1.807, 2.05) is 23.0 Å². The maximum atomic E-state index is 4.70. The Morgan fingerprint density at radius 1 is 1.21 bits per heavy atom. The molecule has 0 aliphatic rings. The van der Waals surface area contributed by atoms with Crippen molar-refractivity contribution in [2.45, 2.75) is 32.9 Å². The summed E-state index contributed by atoms with van der Waals surface area (Å²) in [6.07, 6.45) is 4.24. The van der Waals surface area contributed by atoms with Crippen LogP contribution in [0, 0.1) is 0 Å². The van der Waals surface area contributed by atoms with Crippen LogP contribution in [0.2, 0.25) is 0 Å². The van der Waals surface area contributed by atoms with Crippen molar-refractivity contribution in [2.24, 2.45) is 0 Å². The zero-order chi connectivity index (χ0) is 16.5. The molecular weight excluding hydrogens is 320 g/mol. The average molecular weight is 338 g/mol. The first-order chi connectivity index (χ1) is 11.7. The van der Waals surface area contributed by atoms with Crippen molar-refractivity contribution in [3.05, 3.63) is 41.9 Å². The smallest absolute Gasteiger partial charge is 0.165 e. The second-order valence-corrected chi connectivity index (χ2v) is 6.87. The van der Waals surface area contributed by atoms with Crippen molar-refractivity contribution >= 4 is 38.5 Å². The van der Waals surface area contributed by atoms with Crippen molar-refractivity contribution in [1.29, 1.82) is 0 Å². The zero-order valence-electron chi connectivity index (χ0n) is 13.6. The van der Waals surface area contributed by atoms with Gasteiger partial charge in [-0.1, -0.05) is 12.1 Å². The Morgan fingerprint density at radius 3 is 2.92 bits per heavy atom. The van der Waals surface area contributed by atoms with Crippen LogP contribution in [0.4, 0.5) is 5.82 Å². The molecule has 6 nitrogen and oxygen atoms in total. The monoisotopic (exact) mass is 338 g/mol. The summed E-state index contributed by atoms with van der Waals surface area (Å²) in [5.74, 6) is 0.779. The minimum atomic E-state index is 0.204. The van der Waals surface area contributed by atoms with Crippen molar-refractivity contribution in [1.82, 2.24) is 24.5 Å². The van der Waals surface area contributed by atoms with Gasteiger partial charge in [0.25, 0.3) is 0 Å². The molecule has 24 heavy (non-hydrogen) atoms. The predicted molar refractivity (Wildman–Crippen MR) is 97.4 cm³/mol. The van der Waals surface area contributed by atoms with Crippen LogP contribution in [-0.2, 0) is 13.0 Å². The number of hydrogen-bond donors (Lipinski definition) is 1. The number of nitrogens with one attached hydrogen (secondary N) is 1. The normalized spacial score (nSPS) is 12.8. The maximum Gasteiger partial charge on any atom is 0.165 e. The van der Waals surface area contributed by atoms with Gasteiger partial charge in [-0.05, 0) is 26.0 Å². The molecule has 4 rings (SSSR count). The van der Waals surface area contributed by atoms with Crippen LogP contribution in [0.25, 0.3) is 21.4 Å². The first-order valence-electron chi connectivity index (χ1n) is 8.01. The van der Waals surface area contributed by atoms with Crippen LogP contribution in [0.15, 0.2) is 36.9 Å². The molecule has 3 aromatic heterocycles. The quantitative estimate of drug-likeness (QED) is 0.603. The Hall–Kier alpha value is -2.54. The van der Waals surface area contributed by atoms with Crippen LogP contribution < -0.4 is 5.32 Å². The van der Waals surface area contributed by atoms with E-state index in [-0.39, 0.29) is 6.04 Å². The fraction of sp³-hybridized carbons (Fsp3) is 0.294. The van der Waals surface area contributed by atoms with Crippen LogP contribution in [0.5, 0.6) is 0 Å². The highest BCUT2D eigenvalue weighted by molar-refractivity contribution is 7.18. The van der Waals surface area contributed by atoms with E-state index in [0.717, 1.165) is 40.5 Å². The van der Waals surface area contributed by atoms with E-state index >= 15 is 0 Å². The summed E-state index contributed by atoms with van der Waals surface area (Å²) in [7, 11) is 0. The lowest BCUT2D eigenvalue weighted by atomic mass is 10.2. The van der Waals surface area contributed by atoms with Crippen molar-refractivity contribution in [2.75, 3.05) is 5.32 Å². The molecule has 3 heterocycles. The summed E-state index contributed by atoms with van der Waals surface area (Å²) in [6.45, 7) is 5.05. The van der Waals surface area contributed by atoms with Crippen LogP contribution >= 0.6 is 11.3 Å². The van der Waals surface area contributed by atoms with E-state index in [1.54, 1.807) is 17.7 Å². The third-order valence-corrected chi connectivity index (χ3v) is 5.00. The zero-order valence-corrected chi connectivity index (χ0v) is 14.4. The van der Waals surface area contributed by atoms with Gasteiger partial charge >= 0.3 is 0 Å². The van der Waals surface area contributed by atoms with E-state index < -0.39 is 0 Å². The van der Waals surface area contributed by atoms with Gasteiger partial charge in [0.15, 0.2) is 11.5 Å². The minimum Gasteiger partial charge on any atom is -0.365 e. The number of benzene rings is 1. The second kappa shape index (κ2) is 6.16. The third kappa shape index (κ3) is 2.71. The molecule has 0 aliphatic heterocycles. The fourth-order valence-electron chi connectivity index (χ4n) is 2.77. The molecule has 1 atom stereocenters. The van der Waals surface area contributed by atoms with Crippen molar-refractivity contribution in [3.63, 3.8) is 0 Å². The van der Waals surface area contributed by atoms with Crippen molar-refractivity contribution < 1.29 is 0 Å². The maximum absolute atomic E-state index is 4.70. The van der Waals surface area contributed by atoms with Crippen LogP contribution in [-0.4, -0.2) is 30.5 Å². The van der Waals surface area contributed by atoms with Gasteiger partial charge in [-0.3, -0.25) is 0 Å². The highest BCUT2D eigenvalue weighted by atomic mass is 32.1. The molecule has 0 radical (unpaired) electrons. The van der Waals surface area contributed by atoms with Crippen LogP contribution in [0.1, 0.15) is 18.9 Å². The lowest BCUT2D eigenvalue weighted by Gasteiger charge is -2.13. The van der Waals surface area contributed by atoms with E-state index in [2.05, 4.69) is 46.2 Å². The molecule has 0 bridgehead atoms. The molecule has 0 fully saturated rings. The number of para-hydroxylation sites is 1. The minimum absolute atomic E-state index is 0.204. The first kappa shape index (κ1) is 15.0. The standard InChI is InChI=1S/C17H18N6S/c1-3-23-10-20-15-16(18-9-19-17(15)23)21-11(2)8-14-22-12-6-4-5-7-13(12)24-14/h4-7,9-11H,3,8H2,1-2H3,(H,18,19,21). The summed E-state index contributed by atoms with van der Waals surface area (Å²) < 4.78 is 3.24. The first-order valence-corrected chi connectivity index (χ1v) is 8.83. The Kier molecular flexibility index (Phi) is 3.86. The van der Waals surface area contributed by atoms with Gasteiger partial charge in [0.2, 0.25) is 0 Å². The van der Waals surface area contributed by atoms with Gasteiger partial charge in [-0.15, -0.1) is 11.3 Å². The molecule has 0 saturated heterocycles. The average Bonchev–Trinajstić information content (AvgIpc) is 3.18. The van der Waals surface area contributed by atoms with Crippen molar-refractivity contribution in [3.8, 4) is 0 Å². The number of imidazole rings is 1. The molecule has 0 saturated carbocycles. The topological polar surface area (TPSA) is 68.5 Å². The number of rotatable bonds is 5. The van der Waals surface area contributed by atoms with E-state index in [9.17, 15) is 0 Å². The number of fused-ring (bicyclic) bond motifs is 2. The highest BCUT2D eigenvalue weighted by Crippen LogP contribution is 2.24. The Labute approximate surface area is 143 Å². The number of thiazole rings is 1. The molecule has 0 amide bonds. The molecule has 7 heteroatoms. The molecule has 1 N–H and O–H groups in total. The summed E-state index contributed by atoms with van der Waals surface area (Å²) in [5, 5.41) is 4.58. The van der Waals surface area contributed by atoms with E-state index in [4.69, 9.17) is 4.98 Å². The van der Waals surface area contributed by atoms with Gasteiger partial charge in [0.05, 0.1) is 21.6 Å². The molecule has 4 aromatic rings. The molecule has 1 aromatic carbocycles. The fourth-order valence-corrected chi connectivity index (χ4v) is 3.87. The SMILES string of the molecule is CCn1cnc2c(NC(C)Cc3nc4ccccc4s3)ncnc21. The molecule has 1 unspecified atom stereocenters. The van der Waals surface area contributed by atoms with Gasteiger partial charge in [-0.25, -0.2) is 19.9 Å². The Bertz CT molecular complexity index is 956. The lowest BCUT2D eigenvalue weighted by Crippen LogP contribution is -2.19. The van der Waals surface area contributed by atoms with E-state index in [1.165, 1.54) is 4.70 Å². The Balaban J connectivity index is 1.55. The summed E-state index contributed by atoms with van der Waals surface area (Å²) in [5.41, 5.74) is 2.74. The molecule has 122 valence electrons. The van der Waals surface area contributed by atoms with Gasteiger partial charge < -0.3 is 9.88 Å². The number of aromatic nitrogens is 5. The highest BCUT2D eigenvalue weighted by Gasteiger charge is 2.13.